The van der Waals surface area contributed by atoms with Crippen LogP contribution < -0.4 is 4.90 Å². The van der Waals surface area contributed by atoms with E-state index >= 15 is 0 Å². The zero-order valence-corrected chi connectivity index (χ0v) is 26.6. The van der Waals surface area contributed by atoms with Gasteiger partial charge in [0.1, 0.15) is 18.6 Å². The monoisotopic (exact) mass is 620 g/mol. The second-order valence-electron chi connectivity index (χ2n) is 13.4. The second-order valence-corrected chi connectivity index (χ2v) is 13.8. The molecule has 2 aromatic rings. The molecule has 0 saturated heterocycles. The zero-order valence-electron chi connectivity index (χ0n) is 25.8. The number of hydrogen-bond donors (Lipinski definition) is 0. The first kappa shape index (κ1) is 31.8. The molecule has 9 nitrogen and oxygen atoms in total. The Morgan fingerprint density at radius 3 is 2.77 bits per heavy atom. The number of ether oxygens (including phenoxy) is 1. The maximum absolute atomic E-state index is 12.6. The number of benzene rings is 1. The molecule has 1 aromatic heterocycles. The van der Waals surface area contributed by atoms with Gasteiger partial charge in [-0.25, -0.2) is 0 Å². The number of ketones is 1. The Kier molecular flexibility index (Phi) is 9.25. The largest absolute Gasteiger partial charge is 0.459 e. The van der Waals surface area contributed by atoms with Crippen LogP contribution in [0.25, 0.3) is 0 Å². The summed E-state index contributed by atoms with van der Waals surface area (Å²) < 4.78 is 7.01. The van der Waals surface area contributed by atoms with Gasteiger partial charge in [-0.2, -0.15) is 0 Å². The summed E-state index contributed by atoms with van der Waals surface area (Å²) in [5.41, 5.74) is 3.46. The number of aromatic nitrogens is 3. The van der Waals surface area contributed by atoms with Crippen molar-refractivity contribution in [3.8, 4) is 0 Å². The predicted octanol–water partition coefficient (Wildman–Crippen LogP) is 6.30. The molecule has 0 unspecified atom stereocenters. The van der Waals surface area contributed by atoms with Gasteiger partial charge in [-0.05, 0) is 85.0 Å². The Morgan fingerprint density at radius 1 is 1.20 bits per heavy atom. The number of carbonyl (C=O) groups is 4. The van der Waals surface area contributed by atoms with Crippen molar-refractivity contribution in [1.29, 1.82) is 0 Å². The lowest BCUT2D eigenvalue weighted by Crippen LogP contribution is -2.49. The van der Waals surface area contributed by atoms with Gasteiger partial charge < -0.3 is 9.64 Å². The van der Waals surface area contributed by atoms with Crippen LogP contribution in [-0.4, -0.2) is 45.5 Å². The molecule has 2 heterocycles. The first-order valence-corrected chi connectivity index (χ1v) is 15.8. The van der Waals surface area contributed by atoms with Crippen molar-refractivity contribution in [3.63, 3.8) is 0 Å². The van der Waals surface area contributed by atoms with E-state index < -0.39 is 17.7 Å². The molecular weight excluding hydrogens is 580 g/mol. The zero-order chi connectivity index (χ0) is 31.6. The Balaban J connectivity index is 1.10. The molecule has 44 heavy (non-hydrogen) atoms. The van der Waals surface area contributed by atoms with Gasteiger partial charge in [0.15, 0.2) is 0 Å². The molecule has 1 aromatic carbocycles. The van der Waals surface area contributed by atoms with Gasteiger partial charge >= 0.3 is 5.97 Å². The molecule has 1 amide bonds. The van der Waals surface area contributed by atoms with Crippen LogP contribution in [0.5, 0.6) is 0 Å². The number of aryl methyl sites for hydroxylation is 1. The molecule has 2 aliphatic carbocycles. The maximum atomic E-state index is 12.6. The van der Waals surface area contributed by atoms with Crippen LogP contribution in [0.15, 0.2) is 48.2 Å². The topological polar surface area (TPSA) is 111 Å². The highest BCUT2D eigenvalue weighted by molar-refractivity contribution is 6.52. The van der Waals surface area contributed by atoms with Crippen LogP contribution in [0, 0.1) is 22.7 Å². The third kappa shape index (κ3) is 6.43. The lowest BCUT2D eigenvalue weighted by Gasteiger charge is -2.58. The molecular formula is C34H41ClN4O5. The summed E-state index contributed by atoms with van der Waals surface area (Å²) in [5.74, 6) is -0.722. The second kappa shape index (κ2) is 12.8. The number of fused-ring (bicyclic) bond motifs is 2. The smallest absolute Gasteiger partial charge is 0.310 e. The Hall–Kier alpha value is -3.59. The summed E-state index contributed by atoms with van der Waals surface area (Å²) in [5, 5.41) is 8.55. The fourth-order valence-electron chi connectivity index (χ4n) is 7.91. The summed E-state index contributed by atoms with van der Waals surface area (Å²) in [6.07, 6.45) is 11.3. The summed E-state index contributed by atoms with van der Waals surface area (Å²) in [7, 11) is 0. The molecule has 234 valence electrons. The van der Waals surface area contributed by atoms with E-state index in [1.807, 2.05) is 6.08 Å². The summed E-state index contributed by atoms with van der Waals surface area (Å²) in [6, 6.07) is 4.83. The van der Waals surface area contributed by atoms with E-state index in [-0.39, 0.29) is 18.4 Å². The number of amides is 1. The van der Waals surface area contributed by atoms with Gasteiger partial charge in [-0.1, -0.05) is 62.2 Å². The Labute approximate surface area is 263 Å². The van der Waals surface area contributed by atoms with Crippen molar-refractivity contribution in [2.75, 3.05) is 11.4 Å². The number of hydrogen-bond acceptors (Lipinski definition) is 7. The minimum Gasteiger partial charge on any atom is -0.459 e. The molecule has 1 aliphatic heterocycles. The molecule has 0 spiro atoms. The first-order chi connectivity index (χ1) is 20.9. The lowest BCUT2D eigenvalue weighted by atomic mass is 9.47. The van der Waals surface area contributed by atoms with Crippen LogP contribution in [0.1, 0.15) is 88.2 Å². The third-order valence-corrected chi connectivity index (χ3v) is 10.3. The Morgan fingerprint density at radius 2 is 2.00 bits per heavy atom. The van der Waals surface area contributed by atoms with E-state index in [0.717, 1.165) is 19.1 Å². The SMILES string of the molecule is C=C1CC[C@H]2C(C)(C)CCC[C@]2(C)[C@H]1C/C=C(/C=O)CC(=O)OCc1cn(CCCN2C(=O)C(=O)c3cc(Cl)ccc32)nn1. The molecule has 0 bridgehead atoms. The highest BCUT2D eigenvalue weighted by atomic mass is 35.5. The number of rotatable bonds is 11. The summed E-state index contributed by atoms with van der Waals surface area (Å²) in [4.78, 5) is 50.6. The van der Waals surface area contributed by atoms with Crippen LogP contribution in [0.4, 0.5) is 5.69 Å². The fourth-order valence-corrected chi connectivity index (χ4v) is 8.08. The fraction of sp³-hybridized carbons (Fsp3) is 0.529. The van der Waals surface area contributed by atoms with E-state index in [1.54, 1.807) is 23.0 Å². The molecule has 2 fully saturated rings. The number of anilines is 1. The summed E-state index contributed by atoms with van der Waals surface area (Å²) >= 11 is 5.98. The highest BCUT2D eigenvalue weighted by Crippen LogP contribution is 2.61. The third-order valence-electron chi connectivity index (χ3n) is 10.1. The van der Waals surface area contributed by atoms with E-state index in [4.69, 9.17) is 16.3 Å². The first-order valence-electron chi connectivity index (χ1n) is 15.4. The van der Waals surface area contributed by atoms with Crippen molar-refractivity contribution in [2.45, 2.75) is 85.3 Å². The average molecular weight is 621 g/mol. The standard InChI is InChI=1S/C34H41ClN4O5/c1-22-7-12-29-33(2,3)13-5-14-34(29,4)27(22)10-8-23(20-40)17-30(41)44-21-25-19-38(37-36-25)15-6-16-39-28-11-9-24(35)18-26(28)31(42)32(39)43/h8-9,11,18-20,27,29H,1,5-7,10,12-17,21H2,2-4H3/b23-8+/t27-,29-,34+/m0/s1. The minimum atomic E-state index is -0.572. The maximum Gasteiger partial charge on any atom is 0.310 e. The number of allylic oxidation sites excluding steroid dienone is 2. The van der Waals surface area contributed by atoms with Gasteiger partial charge in [0.2, 0.25) is 0 Å². The average Bonchev–Trinajstić information content (AvgIpc) is 3.52. The van der Waals surface area contributed by atoms with E-state index in [9.17, 15) is 19.2 Å². The lowest BCUT2D eigenvalue weighted by molar-refractivity contribution is -0.144. The van der Waals surface area contributed by atoms with Crippen LogP contribution in [0.2, 0.25) is 5.02 Å². The molecule has 2 saturated carbocycles. The Bertz CT molecular complexity index is 1510. The number of esters is 1. The number of halogens is 1. The van der Waals surface area contributed by atoms with Crippen molar-refractivity contribution in [1.82, 2.24) is 15.0 Å². The molecule has 0 radical (unpaired) electrons. The molecule has 3 atom stereocenters. The summed E-state index contributed by atoms with van der Waals surface area (Å²) in [6.45, 7) is 12.3. The van der Waals surface area contributed by atoms with Gasteiger partial charge in [-0.15, -0.1) is 5.10 Å². The minimum absolute atomic E-state index is 0.0630. The van der Waals surface area contributed by atoms with Crippen molar-refractivity contribution >= 4 is 41.2 Å². The van der Waals surface area contributed by atoms with Crippen molar-refractivity contribution in [2.24, 2.45) is 22.7 Å². The highest BCUT2D eigenvalue weighted by Gasteiger charge is 2.52. The van der Waals surface area contributed by atoms with Gasteiger partial charge in [-0.3, -0.25) is 23.9 Å². The van der Waals surface area contributed by atoms with Crippen LogP contribution in [-0.2, 0) is 32.3 Å². The van der Waals surface area contributed by atoms with E-state index in [0.29, 0.717) is 70.7 Å². The molecule has 10 heteroatoms. The number of Topliss-reactive ketones (excluding diaryl/α,β-unsaturated/α-hetero) is 1. The van der Waals surface area contributed by atoms with Crippen LogP contribution in [0.3, 0.4) is 0 Å². The molecule has 5 rings (SSSR count). The number of carbonyl (C=O) groups excluding carboxylic acids is 4. The van der Waals surface area contributed by atoms with Crippen molar-refractivity contribution in [3.05, 3.63) is 64.5 Å². The predicted molar refractivity (Wildman–Crippen MR) is 167 cm³/mol. The van der Waals surface area contributed by atoms with E-state index in [1.165, 1.54) is 35.8 Å². The van der Waals surface area contributed by atoms with E-state index in [2.05, 4.69) is 37.7 Å². The van der Waals surface area contributed by atoms with Crippen LogP contribution >= 0.6 is 11.6 Å². The number of nitrogens with zero attached hydrogens (tertiary/aromatic N) is 4. The van der Waals surface area contributed by atoms with Gasteiger partial charge in [0.25, 0.3) is 11.7 Å². The normalized spacial score (nSPS) is 24.7. The quantitative estimate of drug-likeness (QED) is 0.0953. The van der Waals surface area contributed by atoms with Gasteiger partial charge in [0.05, 0.1) is 23.9 Å². The molecule has 0 N–H and O–H groups in total. The molecule has 3 aliphatic rings. The van der Waals surface area contributed by atoms with Gasteiger partial charge in [0, 0.05) is 18.1 Å². The number of aldehydes is 1. The van der Waals surface area contributed by atoms with Crippen molar-refractivity contribution < 1.29 is 23.9 Å².